The molecule has 0 bridgehead atoms. The number of fused-ring (bicyclic) bond motifs is 1. The molecule has 2 aromatic heterocycles. The van der Waals surface area contributed by atoms with Crippen LogP contribution in [0, 0.1) is 13.8 Å². The van der Waals surface area contributed by atoms with Crippen molar-refractivity contribution < 1.29 is 19.5 Å². The first-order chi connectivity index (χ1) is 13.9. The van der Waals surface area contributed by atoms with Gasteiger partial charge in [-0.25, -0.2) is 9.78 Å². The van der Waals surface area contributed by atoms with Crippen LogP contribution in [0.3, 0.4) is 0 Å². The molecule has 0 atom stereocenters. The summed E-state index contributed by atoms with van der Waals surface area (Å²) in [5.74, 6) is -1.45. The fraction of sp³-hybridized carbons (Fsp3) is 0.238. The Kier molecular flexibility index (Phi) is 5.92. The fourth-order valence-electron chi connectivity index (χ4n) is 3.05. The molecule has 1 aromatic carbocycles. The molecule has 3 aromatic rings. The number of aryl methyl sites for hydroxylation is 2. The van der Waals surface area contributed by atoms with Crippen molar-refractivity contribution in [3.63, 3.8) is 0 Å². The maximum absolute atomic E-state index is 12.6. The highest BCUT2D eigenvalue weighted by Crippen LogP contribution is 2.15. The molecule has 2 heterocycles. The molecule has 8 nitrogen and oxygen atoms in total. The second kappa shape index (κ2) is 8.55. The molecule has 3 N–H and O–H groups in total. The highest BCUT2D eigenvalue weighted by molar-refractivity contribution is 5.95. The number of imidazole rings is 1. The summed E-state index contributed by atoms with van der Waals surface area (Å²) in [5.41, 5.74) is 3.57. The van der Waals surface area contributed by atoms with Gasteiger partial charge in [-0.05, 0) is 56.2 Å². The lowest BCUT2D eigenvalue weighted by Gasteiger charge is -2.08. The number of nitrogens with one attached hydrogen (secondary N) is 2. The Morgan fingerprint density at radius 3 is 2.52 bits per heavy atom. The third-order valence-corrected chi connectivity index (χ3v) is 4.52. The number of benzene rings is 1. The Bertz CT molecular complexity index is 1070. The third kappa shape index (κ3) is 4.60. The topological polar surface area (TPSA) is 113 Å². The smallest absolute Gasteiger partial charge is 0.335 e. The molecular formula is C21H22N4O4. The Labute approximate surface area is 167 Å². The van der Waals surface area contributed by atoms with Crippen LogP contribution in [0.2, 0.25) is 0 Å². The summed E-state index contributed by atoms with van der Waals surface area (Å²) in [5, 5.41) is 14.4. The van der Waals surface area contributed by atoms with Crippen LogP contribution in [0.25, 0.3) is 5.65 Å². The zero-order valence-electron chi connectivity index (χ0n) is 16.2. The van der Waals surface area contributed by atoms with Crippen molar-refractivity contribution >= 4 is 29.1 Å². The Balaban J connectivity index is 1.50. The summed E-state index contributed by atoms with van der Waals surface area (Å²) in [7, 11) is 0. The number of rotatable bonds is 7. The number of carboxylic acids is 1. The van der Waals surface area contributed by atoms with E-state index in [0.717, 1.165) is 11.2 Å². The molecule has 3 rings (SSSR count). The van der Waals surface area contributed by atoms with Crippen molar-refractivity contribution in [2.45, 2.75) is 26.7 Å². The largest absolute Gasteiger partial charge is 0.478 e. The first-order valence-electron chi connectivity index (χ1n) is 9.22. The molecule has 150 valence electrons. The van der Waals surface area contributed by atoms with E-state index in [0.29, 0.717) is 30.0 Å². The number of carboxylic acid groups (broad SMARTS) is 1. The number of aromatic carboxylic acids is 1. The number of hydrogen-bond acceptors (Lipinski definition) is 4. The SMILES string of the molecule is Cc1nc2c(C)cccn2c1C(=O)NCCCC(=O)Nc1ccc(C(=O)O)cc1. The van der Waals surface area contributed by atoms with Gasteiger partial charge in [0.05, 0.1) is 11.3 Å². The number of nitrogens with zero attached hydrogens (tertiary/aromatic N) is 2. The van der Waals surface area contributed by atoms with Crippen LogP contribution in [-0.2, 0) is 4.79 Å². The average Bonchev–Trinajstić information content (AvgIpc) is 3.03. The Morgan fingerprint density at radius 2 is 1.83 bits per heavy atom. The highest BCUT2D eigenvalue weighted by atomic mass is 16.4. The van der Waals surface area contributed by atoms with Crippen LogP contribution in [-0.4, -0.2) is 38.8 Å². The maximum atomic E-state index is 12.6. The third-order valence-electron chi connectivity index (χ3n) is 4.52. The van der Waals surface area contributed by atoms with E-state index in [1.54, 1.807) is 29.7 Å². The lowest BCUT2D eigenvalue weighted by atomic mass is 10.2. The van der Waals surface area contributed by atoms with Crippen LogP contribution in [0.5, 0.6) is 0 Å². The van der Waals surface area contributed by atoms with Gasteiger partial charge in [0.1, 0.15) is 11.3 Å². The van der Waals surface area contributed by atoms with Gasteiger partial charge in [0.2, 0.25) is 5.91 Å². The minimum atomic E-state index is -1.02. The average molecular weight is 394 g/mol. The Hall–Kier alpha value is -3.68. The number of aromatic nitrogens is 2. The summed E-state index contributed by atoms with van der Waals surface area (Å²) in [6, 6.07) is 9.75. The van der Waals surface area contributed by atoms with Crippen molar-refractivity contribution in [1.82, 2.24) is 14.7 Å². The number of hydrogen-bond donors (Lipinski definition) is 3. The second-order valence-corrected chi connectivity index (χ2v) is 6.72. The molecular weight excluding hydrogens is 372 g/mol. The minimum Gasteiger partial charge on any atom is -0.478 e. The number of carbonyl (C=O) groups is 3. The number of carbonyl (C=O) groups excluding carboxylic acids is 2. The van der Waals surface area contributed by atoms with Gasteiger partial charge in [-0.15, -0.1) is 0 Å². The fourth-order valence-corrected chi connectivity index (χ4v) is 3.05. The van der Waals surface area contributed by atoms with E-state index < -0.39 is 5.97 Å². The van der Waals surface area contributed by atoms with Gasteiger partial charge in [0, 0.05) is 24.8 Å². The molecule has 0 aliphatic heterocycles. The maximum Gasteiger partial charge on any atom is 0.335 e. The van der Waals surface area contributed by atoms with Crippen LogP contribution < -0.4 is 10.6 Å². The van der Waals surface area contributed by atoms with E-state index in [1.165, 1.54) is 12.1 Å². The summed E-state index contributed by atoms with van der Waals surface area (Å²) >= 11 is 0. The summed E-state index contributed by atoms with van der Waals surface area (Å²) < 4.78 is 1.77. The zero-order valence-corrected chi connectivity index (χ0v) is 16.2. The molecule has 8 heteroatoms. The lowest BCUT2D eigenvalue weighted by Crippen LogP contribution is -2.27. The molecule has 0 saturated carbocycles. The minimum absolute atomic E-state index is 0.156. The van der Waals surface area contributed by atoms with Gasteiger partial charge in [0.15, 0.2) is 0 Å². The molecule has 0 aliphatic carbocycles. The van der Waals surface area contributed by atoms with Crippen LogP contribution in [0.4, 0.5) is 5.69 Å². The predicted octanol–water partition coefficient (Wildman–Crippen LogP) is 2.80. The molecule has 0 radical (unpaired) electrons. The van der Waals surface area contributed by atoms with Crippen molar-refractivity contribution in [1.29, 1.82) is 0 Å². The second-order valence-electron chi connectivity index (χ2n) is 6.72. The molecule has 2 amide bonds. The Morgan fingerprint density at radius 1 is 1.10 bits per heavy atom. The summed E-state index contributed by atoms with van der Waals surface area (Å²) in [4.78, 5) is 39.9. The monoisotopic (exact) mass is 394 g/mol. The molecule has 0 spiro atoms. The molecule has 29 heavy (non-hydrogen) atoms. The van der Waals surface area contributed by atoms with E-state index in [1.807, 2.05) is 19.1 Å². The van der Waals surface area contributed by atoms with Crippen molar-refractivity contribution in [2.75, 3.05) is 11.9 Å². The van der Waals surface area contributed by atoms with Gasteiger partial charge >= 0.3 is 5.97 Å². The van der Waals surface area contributed by atoms with Crippen LogP contribution >= 0.6 is 0 Å². The van der Waals surface area contributed by atoms with E-state index >= 15 is 0 Å². The van der Waals surface area contributed by atoms with Crippen LogP contribution in [0.15, 0.2) is 42.6 Å². The van der Waals surface area contributed by atoms with Crippen molar-refractivity contribution in [2.24, 2.45) is 0 Å². The molecule has 0 fully saturated rings. The number of anilines is 1. The first kappa shape index (κ1) is 20.1. The number of amides is 2. The summed E-state index contributed by atoms with van der Waals surface area (Å²) in [6.07, 6.45) is 2.51. The predicted molar refractivity (Wildman–Crippen MR) is 108 cm³/mol. The van der Waals surface area contributed by atoms with Gasteiger partial charge in [-0.3, -0.25) is 14.0 Å². The summed E-state index contributed by atoms with van der Waals surface area (Å²) in [6.45, 7) is 4.09. The first-order valence-corrected chi connectivity index (χ1v) is 9.22. The quantitative estimate of drug-likeness (QED) is 0.534. The van der Waals surface area contributed by atoms with Gasteiger partial charge < -0.3 is 15.7 Å². The lowest BCUT2D eigenvalue weighted by molar-refractivity contribution is -0.116. The van der Waals surface area contributed by atoms with Gasteiger partial charge in [-0.1, -0.05) is 6.07 Å². The van der Waals surface area contributed by atoms with E-state index in [4.69, 9.17) is 5.11 Å². The number of pyridine rings is 1. The van der Waals surface area contributed by atoms with Gasteiger partial charge in [-0.2, -0.15) is 0 Å². The van der Waals surface area contributed by atoms with Crippen molar-refractivity contribution in [3.05, 3.63) is 65.1 Å². The van der Waals surface area contributed by atoms with E-state index in [2.05, 4.69) is 15.6 Å². The van der Waals surface area contributed by atoms with Gasteiger partial charge in [0.25, 0.3) is 5.91 Å². The zero-order chi connectivity index (χ0) is 21.0. The normalized spacial score (nSPS) is 10.7. The van der Waals surface area contributed by atoms with Crippen LogP contribution in [0.1, 0.15) is 44.9 Å². The highest BCUT2D eigenvalue weighted by Gasteiger charge is 2.17. The molecule has 0 saturated heterocycles. The molecule has 0 aliphatic rings. The standard InChI is InChI=1S/C21H22N4O4/c1-13-5-4-12-25-18(14(2)23-19(13)25)20(27)22-11-3-6-17(26)24-16-9-7-15(8-10-16)21(28)29/h4-5,7-10,12H,3,6,11H2,1-2H3,(H,22,27)(H,24,26)(H,28,29). The molecule has 0 unspecified atom stereocenters. The van der Waals surface area contributed by atoms with E-state index in [-0.39, 0.29) is 23.8 Å². The van der Waals surface area contributed by atoms with E-state index in [9.17, 15) is 14.4 Å². The van der Waals surface area contributed by atoms with Crippen molar-refractivity contribution in [3.8, 4) is 0 Å².